The predicted octanol–water partition coefficient (Wildman–Crippen LogP) is 2.66. The highest BCUT2D eigenvalue weighted by molar-refractivity contribution is 7.17. The molecule has 0 spiro atoms. The smallest absolute Gasteiger partial charge is 0.150 e. The van der Waals surface area contributed by atoms with E-state index in [1.54, 1.807) is 17.7 Å². The van der Waals surface area contributed by atoms with Gasteiger partial charge in [0.15, 0.2) is 0 Å². The predicted molar refractivity (Wildman–Crippen MR) is 83.4 cm³/mol. The standard InChI is InChI=1S/C15H20N4S/c1-2-12(1)19(9-11-3-6-16-7-4-11)15-14-13(5-8-20-14)17-10-18-15/h5,8,10-12,16H,1-4,6-7,9H2. The molecule has 3 heterocycles. The van der Waals surface area contributed by atoms with Crippen molar-refractivity contribution in [1.82, 2.24) is 15.3 Å². The van der Waals surface area contributed by atoms with Crippen LogP contribution in [-0.2, 0) is 0 Å². The molecule has 1 saturated carbocycles. The van der Waals surface area contributed by atoms with E-state index >= 15 is 0 Å². The Morgan fingerprint density at radius 3 is 2.85 bits per heavy atom. The van der Waals surface area contributed by atoms with Crippen LogP contribution in [-0.4, -0.2) is 35.6 Å². The van der Waals surface area contributed by atoms with Crippen LogP contribution in [0.15, 0.2) is 17.8 Å². The Kier molecular flexibility index (Phi) is 3.32. The number of nitrogens with one attached hydrogen (secondary N) is 1. The van der Waals surface area contributed by atoms with E-state index in [2.05, 4.69) is 31.6 Å². The van der Waals surface area contributed by atoms with Crippen LogP contribution in [0.4, 0.5) is 5.82 Å². The van der Waals surface area contributed by atoms with Crippen LogP contribution in [0.1, 0.15) is 25.7 Å². The summed E-state index contributed by atoms with van der Waals surface area (Å²) in [5.41, 5.74) is 1.09. The summed E-state index contributed by atoms with van der Waals surface area (Å²) in [6.45, 7) is 3.50. The van der Waals surface area contributed by atoms with E-state index in [9.17, 15) is 0 Å². The fourth-order valence-corrected chi connectivity index (χ4v) is 3.97. The third-order valence-electron chi connectivity index (χ3n) is 4.40. The summed E-state index contributed by atoms with van der Waals surface area (Å²) in [6, 6.07) is 2.81. The van der Waals surface area contributed by atoms with Crippen molar-refractivity contribution in [2.45, 2.75) is 31.7 Å². The molecule has 0 aromatic carbocycles. The van der Waals surface area contributed by atoms with Gasteiger partial charge in [-0.15, -0.1) is 11.3 Å². The highest BCUT2D eigenvalue weighted by Crippen LogP contribution is 2.36. The van der Waals surface area contributed by atoms with Gasteiger partial charge < -0.3 is 10.2 Å². The van der Waals surface area contributed by atoms with Crippen molar-refractivity contribution in [2.75, 3.05) is 24.5 Å². The van der Waals surface area contributed by atoms with Crippen molar-refractivity contribution in [1.29, 1.82) is 0 Å². The van der Waals surface area contributed by atoms with Crippen LogP contribution < -0.4 is 10.2 Å². The van der Waals surface area contributed by atoms with E-state index < -0.39 is 0 Å². The van der Waals surface area contributed by atoms with Gasteiger partial charge in [-0.25, -0.2) is 9.97 Å². The van der Waals surface area contributed by atoms with Gasteiger partial charge >= 0.3 is 0 Å². The zero-order valence-electron chi connectivity index (χ0n) is 11.6. The average molecular weight is 288 g/mol. The number of hydrogen-bond acceptors (Lipinski definition) is 5. The number of anilines is 1. The minimum atomic E-state index is 0.713. The van der Waals surface area contributed by atoms with E-state index in [1.165, 1.54) is 49.3 Å². The number of nitrogens with zero attached hydrogens (tertiary/aromatic N) is 3. The minimum absolute atomic E-state index is 0.713. The lowest BCUT2D eigenvalue weighted by Gasteiger charge is -2.31. The summed E-state index contributed by atoms with van der Waals surface area (Å²) in [4.78, 5) is 11.6. The van der Waals surface area contributed by atoms with Crippen LogP contribution in [0, 0.1) is 5.92 Å². The fraction of sp³-hybridized carbons (Fsp3) is 0.600. The quantitative estimate of drug-likeness (QED) is 0.939. The number of fused-ring (bicyclic) bond motifs is 1. The first-order valence-electron chi connectivity index (χ1n) is 7.57. The molecule has 0 radical (unpaired) electrons. The van der Waals surface area contributed by atoms with Gasteiger partial charge in [0, 0.05) is 12.6 Å². The van der Waals surface area contributed by atoms with Crippen LogP contribution in [0.5, 0.6) is 0 Å². The van der Waals surface area contributed by atoms with E-state index in [0.29, 0.717) is 6.04 Å². The number of hydrogen-bond donors (Lipinski definition) is 1. The zero-order valence-corrected chi connectivity index (χ0v) is 12.4. The van der Waals surface area contributed by atoms with Crippen LogP contribution in [0.3, 0.4) is 0 Å². The molecule has 2 aliphatic rings. The lowest BCUT2D eigenvalue weighted by atomic mass is 9.97. The highest BCUT2D eigenvalue weighted by Gasteiger charge is 2.33. The van der Waals surface area contributed by atoms with Crippen molar-refractivity contribution < 1.29 is 0 Å². The van der Waals surface area contributed by atoms with Gasteiger partial charge in [-0.05, 0) is 56.1 Å². The molecule has 0 unspecified atom stereocenters. The normalized spacial score (nSPS) is 20.4. The average Bonchev–Trinajstić information content (AvgIpc) is 3.22. The number of aromatic nitrogens is 2. The molecule has 2 aromatic heterocycles. The number of rotatable bonds is 4. The second-order valence-corrected chi connectivity index (χ2v) is 6.83. The highest BCUT2D eigenvalue weighted by atomic mass is 32.1. The molecule has 106 valence electrons. The molecule has 2 aromatic rings. The molecule has 1 saturated heterocycles. The Hall–Kier alpha value is -1.20. The van der Waals surface area contributed by atoms with Gasteiger partial charge in [-0.1, -0.05) is 0 Å². The summed E-state index contributed by atoms with van der Waals surface area (Å²) >= 11 is 1.77. The first kappa shape index (κ1) is 12.5. The Morgan fingerprint density at radius 2 is 2.05 bits per heavy atom. The molecule has 1 aliphatic heterocycles. The summed E-state index contributed by atoms with van der Waals surface area (Å²) in [5.74, 6) is 1.98. The minimum Gasteiger partial charge on any atom is -0.352 e. The Bertz CT molecular complexity index is 586. The summed E-state index contributed by atoms with van der Waals surface area (Å²) in [5, 5.41) is 5.58. The van der Waals surface area contributed by atoms with Crippen LogP contribution in [0.25, 0.3) is 10.2 Å². The fourth-order valence-electron chi connectivity index (χ4n) is 3.12. The summed E-state index contributed by atoms with van der Waals surface area (Å²) in [7, 11) is 0. The molecule has 4 rings (SSSR count). The molecule has 1 aliphatic carbocycles. The second-order valence-electron chi connectivity index (χ2n) is 5.91. The maximum absolute atomic E-state index is 4.62. The number of piperidine rings is 1. The zero-order chi connectivity index (χ0) is 13.4. The summed E-state index contributed by atoms with van der Waals surface area (Å²) < 4.78 is 1.26. The maximum atomic E-state index is 4.62. The molecule has 5 heteroatoms. The van der Waals surface area contributed by atoms with Gasteiger partial charge in [-0.3, -0.25) is 0 Å². The molecule has 0 amide bonds. The van der Waals surface area contributed by atoms with E-state index in [-0.39, 0.29) is 0 Å². The van der Waals surface area contributed by atoms with Crippen LogP contribution in [0.2, 0.25) is 0 Å². The third-order valence-corrected chi connectivity index (χ3v) is 5.30. The monoisotopic (exact) mass is 288 g/mol. The second kappa shape index (κ2) is 5.30. The number of thiophene rings is 1. The van der Waals surface area contributed by atoms with Gasteiger partial charge in [0.05, 0.1) is 10.2 Å². The van der Waals surface area contributed by atoms with E-state index in [4.69, 9.17) is 0 Å². The molecule has 2 fully saturated rings. The molecule has 4 nitrogen and oxygen atoms in total. The van der Waals surface area contributed by atoms with E-state index in [0.717, 1.165) is 18.0 Å². The lowest BCUT2D eigenvalue weighted by molar-refractivity contribution is 0.372. The molecule has 1 N–H and O–H groups in total. The summed E-state index contributed by atoms with van der Waals surface area (Å²) in [6.07, 6.45) is 6.95. The van der Waals surface area contributed by atoms with Gasteiger partial charge in [0.25, 0.3) is 0 Å². The van der Waals surface area contributed by atoms with Gasteiger partial charge in [0.2, 0.25) is 0 Å². The van der Waals surface area contributed by atoms with Crippen molar-refractivity contribution in [2.24, 2.45) is 5.92 Å². The van der Waals surface area contributed by atoms with Gasteiger partial charge in [0.1, 0.15) is 12.1 Å². The van der Waals surface area contributed by atoms with Crippen molar-refractivity contribution >= 4 is 27.4 Å². The SMILES string of the molecule is c1nc(N(CC2CCNCC2)C2CC2)c2sccc2n1. The molecule has 0 atom stereocenters. The Morgan fingerprint density at radius 1 is 1.20 bits per heavy atom. The van der Waals surface area contributed by atoms with Crippen molar-refractivity contribution in [3.05, 3.63) is 17.8 Å². The lowest BCUT2D eigenvalue weighted by Crippen LogP contribution is -2.37. The Labute approximate surface area is 123 Å². The van der Waals surface area contributed by atoms with Crippen molar-refractivity contribution in [3.63, 3.8) is 0 Å². The molecular formula is C15H20N4S. The molecular weight excluding hydrogens is 268 g/mol. The van der Waals surface area contributed by atoms with Crippen molar-refractivity contribution in [3.8, 4) is 0 Å². The maximum Gasteiger partial charge on any atom is 0.150 e. The molecule has 20 heavy (non-hydrogen) atoms. The topological polar surface area (TPSA) is 41.1 Å². The largest absolute Gasteiger partial charge is 0.352 e. The molecule has 0 bridgehead atoms. The first-order chi connectivity index (χ1) is 9.92. The van der Waals surface area contributed by atoms with E-state index in [1.807, 2.05) is 0 Å². The van der Waals surface area contributed by atoms with Gasteiger partial charge in [-0.2, -0.15) is 0 Å². The van der Waals surface area contributed by atoms with Crippen LogP contribution >= 0.6 is 11.3 Å². The Balaban J connectivity index is 1.63. The first-order valence-corrected chi connectivity index (χ1v) is 8.45. The third kappa shape index (κ3) is 2.40.